The number of benzene rings is 1. The molecule has 0 aliphatic heterocycles. The number of amides is 1. The Morgan fingerprint density at radius 1 is 1.35 bits per heavy atom. The van der Waals surface area contributed by atoms with E-state index in [9.17, 15) is 14.3 Å². The van der Waals surface area contributed by atoms with E-state index in [0.29, 0.717) is 5.92 Å². The van der Waals surface area contributed by atoms with Gasteiger partial charge >= 0.3 is 0 Å². The summed E-state index contributed by atoms with van der Waals surface area (Å²) in [6.45, 7) is 4.04. The maximum absolute atomic E-state index is 12.7. The molecule has 0 spiro atoms. The van der Waals surface area contributed by atoms with Gasteiger partial charge in [-0.25, -0.2) is 4.39 Å². The molecule has 0 aliphatic carbocycles. The molecule has 1 aromatic carbocycles. The van der Waals surface area contributed by atoms with Crippen LogP contribution in [0, 0.1) is 11.7 Å². The average Bonchev–Trinajstić information content (AvgIpc) is 2.39. The maximum Gasteiger partial charge on any atom is 0.224 e. The maximum atomic E-state index is 12.7. The minimum atomic E-state index is -0.278. The van der Waals surface area contributed by atoms with Gasteiger partial charge in [-0.2, -0.15) is 0 Å². The molecule has 2 N–H and O–H groups in total. The summed E-state index contributed by atoms with van der Waals surface area (Å²) < 4.78 is 12.7. The highest BCUT2D eigenvalue weighted by Crippen LogP contribution is 2.06. The molecule has 0 bridgehead atoms. The van der Waals surface area contributed by atoms with Gasteiger partial charge in [-0.3, -0.25) is 4.79 Å². The van der Waals surface area contributed by atoms with Crippen LogP contribution in [0.15, 0.2) is 30.3 Å². The van der Waals surface area contributed by atoms with Gasteiger partial charge in [-0.1, -0.05) is 38.1 Å². The summed E-state index contributed by atoms with van der Waals surface area (Å²) in [5, 5.41) is 12.0. The molecule has 0 aromatic heterocycles. The van der Waals surface area contributed by atoms with Crippen LogP contribution >= 0.6 is 0 Å². The number of aliphatic hydroxyl groups excluding tert-OH is 1. The lowest BCUT2D eigenvalue weighted by Crippen LogP contribution is -2.38. The number of carbonyl (C=O) groups excluding carboxylic acids is 1. The molecule has 0 saturated heterocycles. The number of aliphatic hydroxyl groups is 1. The monoisotopic (exact) mass is 279 g/mol. The van der Waals surface area contributed by atoms with E-state index >= 15 is 0 Å². The van der Waals surface area contributed by atoms with Crippen molar-refractivity contribution >= 4 is 12.0 Å². The largest absolute Gasteiger partial charge is 0.394 e. The van der Waals surface area contributed by atoms with Crippen LogP contribution in [0.1, 0.15) is 32.3 Å². The Kier molecular flexibility index (Phi) is 6.94. The fourth-order valence-electron chi connectivity index (χ4n) is 1.91. The molecule has 3 nitrogen and oxygen atoms in total. The Hall–Kier alpha value is -1.68. The quantitative estimate of drug-likeness (QED) is 0.806. The van der Waals surface area contributed by atoms with Crippen molar-refractivity contribution in [1.82, 2.24) is 5.32 Å². The van der Waals surface area contributed by atoms with Crippen LogP contribution in [0.4, 0.5) is 4.39 Å². The predicted molar refractivity (Wildman–Crippen MR) is 78.5 cm³/mol. The van der Waals surface area contributed by atoms with E-state index in [1.165, 1.54) is 12.1 Å². The standard InChI is InChI=1S/C16H22FNO2/c1-12(2)10-15(11-19)18-16(20)5-3-4-13-6-8-14(17)9-7-13/h3-4,6-9,12,15,19H,5,10-11H2,1-2H3,(H,18,20)/b4-3+. The van der Waals surface area contributed by atoms with Crippen LogP contribution in [0.25, 0.3) is 6.08 Å². The molecule has 1 rings (SSSR count). The highest BCUT2D eigenvalue weighted by Gasteiger charge is 2.11. The van der Waals surface area contributed by atoms with Crippen molar-refractivity contribution in [2.24, 2.45) is 5.92 Å². The van der Waals surface area contributed by atoms with E-state index in [1.54, 1.807) is 24.3 Å². The molecule has 0 radical (unpaired) electrons. The first kappa shape index (κ1) is 16.4. The number of hydrogen-bond acceptors (Lipinski definition) is 2. The minimum Gasteiger partial charge on any atom is -0.394 e. The first-order chi connectivity index (χ1) is 9.51. The van der Waals surface area contributed by atoms with E-state index in [-0.39, 0.29) is 30.8 Å². The second-order valence-corrected chi connectivity index (χ2v) is 5.23. The molecular weight excluding hydrogens is 257 g/mol. The van der Waals surface area contributed by atoms with Crippen molar-refractivity contribution in [3.8, 4) is 0 Å². The normalized spacial score (nSPS) is 12.8. The Balaban J connectivity index is 2.40. The van der Waals surface area contributed by atoms with Gasteiger partial charge in [0.25, 0.3) is 0 Å². The SMILES string of the molecule is CC(C)CC(CO)NC(=O)C/C=C/c1ccc(F)cc1. The summed E-state index contributed by atoms with van der Waals surface area (Å²) in [5.74, 6) is 0.0182. The summed E-state index contributed by atoms with van der Waals surface area (Å²) in [6, 6.07) is 5.87. The Bertz CT molecular complexity index is 440. The van der Waals surface area contributed by atoms with Gasteiger partial charge in [0.2, 0.25) is 5.91 Å². The molecular formula is C16H22FNO2. The topological polar surface area (TPSA) is 49.3 Å². The number of nitrogens with one attached hydrogen (secondary N) is 1. The molecule has 20 heavy (non-hydrogen) atoms. The van der Waals surface area contributed by atoms with Gasteiger partial charge in [0, 0.05) is 6.42 Å². The van der Waals surface area contributed by atoms with E-state index < -0.39 is 0 Å². The fraction of sp³-hybridized carbons (Fsp3) is 0.438. The molecule has 1 amide bonds. The lowest BCUT2D eigenvalue weighted by atomic mass is 10.0. The van der Waals surface area contributed by atoms with Crippen molar-refractivity contribution in [3.05, 3.63) is 41.7 Å². The summed E-state index contributed by atoms with van der Waals surface area (Å²) >= 11 is 0. The van der Waals surface area contributed by atoms with E-state index in [4.69, 9.17) is 0 Å². The van der Waals surface area contributed by atoms with Gasteiger partial charge in [0.1, 0.15) is 5.82 Å². The minimum absolute atomic E-state index is 0.0500. The molecule has 1 aromatic rings. The third kappa shape index (κ3) is 6.48. The van der Waals surface area contributed by atoms with Crippen LogP contribution in [0.2, 0.25) is 0 Å². The molecule has 0 heterocycles. The Morgan fingerprint density at radius 3 is 2.55 bits per heavy atom. The molecule has 1 atom stereocenters. The predicted octanol–water partition coefficient (Wildman–Crippen LogP) is 2.75. The van der Waals surface area contributed by atoms with Crippen molar-refractivity contribution in [3.63, 3.8) is 0 Å². The van der Waals surface area contributed by atoms with Crippen LogP contribution < -0.4 is 5.32 Å². The Morgan fingerprint density at radius 2 is 2.00 bits per heavy atom. The highest BCUT2D eigenvalue weighted by molar-refractivity contribution is 5.78. The van der Waals surface area contributed by atoms with Crippen molar-refractivity contribution in [1.29, 1.82) is 0 Å². The zero-order valence-corrected chi connectivity index (χ0v) is 12.0. The zero-order chi connectivity index (χ0) is 15.0. The van der Waals surface area contributed by atoms with E-state index in [0.717, 1.165) is 12.0 Å². The van der Waals surface area contributed by atoms with E-state index in [1.807, 2.05) is 13.8 Å². The van der Waals surface area contributed by atoms with Gasteiger partial charge in [0.15, 0.2) is 0 Å². The molecule has 1 unspecified atom stereocenters. The van der Waals surface area contributed by atoms with Gasteiger partial charge < -0.3 is 10.4 Å². The van der Waals surface area contributed by atoms with Crippen molar-refractivity contribution in [2.45, 2.75) is 32.7 Å². The van der Waals surface area contributed by atoms with Gasteiger partial charge in [-0.05, 0) is 30.0 Å². The molecule has 4 heteroatoms. The summed E-state index contributed by atoms with van der Waals surface area (Å²) in [4.78, 5) is 11.7. The first-order valence-corrected chi connectivity index (χ1v) is 6.83. The first-order valence-electron chi connectivity index (χ1n) is 6.83. The summed E-state index contributed by atoms with van der Waals surface area (Å²) in [5.41, 5.74) is 0.847. The van der Waals surface area contributed by atoms with Crippen LogP contribution in [0.5, 0.6) is 0 Å². The molecule has 110 valence electrons. The number of hydrogen-bond donors (Lipinski definition) is 2. The fourth-order valence-corrected chi connectivity index (χ4v) is 1.91. The Labute approximate surface area is 119 Å². The highest BCUT2D eigenvalue weighted by atomic mass is 19.1. The lowest BCUT2D eigenvalue weighted by molar-refractivity contribution is -0.121. The van der Waals surface area contributed by atoms with Crippen LogP contribution in [-0.2, 0) is 4.79 Å². The average molecular weight is 279 g/mol. The number of carbonyl (C=O) groups is 1. The van der Waals surface area contributed by atoms with Crippen LogP contribution in [0.3, 0.4) is 0 Å². The molecule has 0 aliphatic rings. The van der Waals surface area contributed by atoms with Crippen LogP contribution in [-0.4, -0.2) is 23.7 Å². The second kappa shape index (κ2) is 8.48. The summed E-state index contributed by atoms with van der Waals surface area (Å²) in [6.07, 6.45) is 4.50. The zero-order valence-electron chi connectivity index (χ0n) is 12.0. The number of halogens is 1. The molecule has 0 fully saturated rings. The lowest BCUT2D eigenvalue weighted by Gasteiger charge is -2.17. The van der Waals surface area contributed by atoms with Gasteiger partial charge in [0.05, 0.1) is 12.6 Å². The molecule has 0 saturated carbocycles. The summed E-state index contributed by atoms with van der Waals surface area (Å²) in [7, 11) is 0. The van der Waals surface area contributed by atoms with E-state index in [2.05, 4.69) is 5.32 Å². The third-order valence-electron chi connectivity index (χ3n) is 2.82. The third-order valence-corrected chi connectivity index (χ3v) is 2.82. The second-order valence-electron chi connectivity index (χ2n) is 5.23. The van der Waals surface area contributed by atoms with Crippen molar-refractivity contribution in [2.75, 3.05) is 6.61 Å². The van der Waals surface area contributed by atoms with Crippen molar-refractivity contribution < 1.29 is 14.3 Å². The smallest absolute Gasteiger partial charge is 0.224 e. The van der Waals surface area contributed by atoms with Gasteiger partial charge in [-0.15, -0.1) is 0 Å². The number of rotatable bonds is 7.